The number of primary amides is 1. The average molecular weight is 421 g/mol. The minimum absolute atomic E-state index is 0.187. The molecule has 1 atom stereocenters. The number of sulfone groups is 1. The first kappa shape index (κ1) is 20.5. The third kappa shape index (κ3) is 4.44. The monoisotopic (exact) mass is 420 g/mol. The van der Waals surface area contributed by atoms with E-state index in [-0.39, 0.29) is 17.1 Å². The first-order valence-electron chi connectivity index (χ1n) is 9.21. The van der Waals surface area contributed by atoms with Crippen molar-refractivity contribution in [1.82, 2.24) is 0 Å². The van der Waals surface area contributed by atoms with E-state index < -0.39 is 21.7 Å². The van der Waals surface area contributed by atoms with Gasteiger partial charge in [-0.05, 0) is 49.8 Å². The van der Waals surface area contributed by atoms with Crippen LogP contribution in [-0.2, 0) is 27.5 Å². The molecule has 0 bridgehead atoms. The molecule has 28 heavy (non-hydrogen) atoms. The summed E-state index contributed by atoms with van der Waals surface area (Å²) in [4.78, 5) is 25.6. The second-order valence-corrected chi connectivity index (χ2v) is 10.6. The normalized spacial score (nSPS) is 16.4. The van der Waals surface area contributed by atoms with Gasteiger partial charge in [0.25, 0.3) is 5.91 Å². The maximum Gasteiger partial charge on any atom is 0.251 e. The van der Waals surface area contributed by atoms with Crippen molar-refractivity contribution in [3.63, 3.8) is 0 Å². The van der Waals surface area contributed by atoms with Gasteiger partial charge in [-0.1, -0.05) is 24.6 Å². The third-order valence-electron chi connectivity index (χ3n) is 4.99. The molecule has 2 aromatic rings. The average Bonchev–Trinajstić information content (AvgIpc) is 2.97. The van der Waals surface area contributed by atoms with E-state index in [9.17, 15) is 18.0 Å². The summed E-state index contributed by atoms with van der Waals surface area (Å²) >= 11 is 1.37. The van der Waals surface area contributed by atoms with Gasteiger partial charge >= 0.3 is 0 Å². The molecule has 0 saturated heterocycles. The van der Waals surface area contributed by atoms with Crippen molar-refractivity contribution >= 4 is 38.0 Å². The van der Waals surface area contributed by atoms with Crippen LogP contribution >= 0.6 is 11.3 Å². The van der Waals surface area contributed by atoms with Gasteiger partial charge in [0.15, 0.2) is 9.84 Å². The minimum atomic E-state index is -3.55. The molecule has 3 N–H and O–H groups in total. The number of nitrogens with one attached hydrogen (secondary N) is 1. The zero-order valence-electron chi connectivity index (χ0n) is 15.9. The Bertz CT molecular complexity index is 1010. The lowest BCUT2D eigenvalue weighted by atomic mass is 9.88. The molecule has 0 radical (unpaired) electrons. The summed E-state index contributed by atoms with van der Waals surface area (Å²) in [7, 11) is -3.55. The highest BCUT2D eigenvalue weighted by Crippen LogP contribution is 2.39. The lowest BCUT2D eigenvalue weighted by Crippen LogP contribution is -2.21. The Morgan fingerprint density at radius 1 is 1.25 bits per heavy atom. The van der Waals surface area contributed by atoms with Crippen LogP contribution in [0.4, 0.5) is 5.00 Å². The number of hydrogen-bond donors (Lipinski definition) is 2. The maximum absolute atomic E-state index is 12.4. The molecular weight excluding hydrogens is 396 g/mol. The number of carbonyl (C=O) groups excluding carboxylic acids is 2. The molecule has 8 heteroatoms. The van der Waals surface area contributed by atoms with Crippen LogP contribution in [0, 0.1) is 12.8 Å². The molecule has 1 aromatic carbocycles. The third-order valence-corrected chi connectivity index (χ3v) is 7.89. The highest BCUT2D eigenvalue weighted by molar-refractivity contribution is 7.91. The van der Waals surface area contributed by atoms with E-state index in [2.05, 4.69) is 12.2 Å². The Balaban J connectivity index is 1.71. The van der Waals surface area contributed by atoms with Crippen molar-refractivity contribution in [2.45, 2.75) is 44.4 Å². The fourth-order valence-electron chi connectivity index (χ4n) is 3.38. The van der Waals surface area contributed by atoms with Gasteiger partial charge < -0.3 is 11.1 Å². The number of aryl methyl sites for hydroxylation is 1. The van der Waals surface area contributed by atoms with Crippen LogP contribution in [0.5, 0.6) is 0 Å². The number of hydrogen-bond acceptors (Lipinski definition) is 5. The number of thiophene rings is 1. The second kappa shape index (κ2) is 8.05. The molecular formula is C20H24N2O4S2. The molecule has 6 nitrogen and oxygen atoms in total. The fraction of sp³-hybridized carbons (Fsp3) is 0.400. The number of anilines is 1. The van der Waals surface area contributed by atoms with Gasteiger partial charge in [0.2, 0.25) is 5.91 Å². The van der Waals surface area contributed by atoms with E-state index >= 15 is 0 Å². The Morgan fingerprint density at radius 3 is 2.57 bits per heavy atom. The van der Waals surface area contributed by atoms with Gasteiger partial charge in [0, 0.05) is 11.3 Å². The number of fused-ring (bicyclic) bond motifs is 1. The van der Waals surface area contributed by atoms with E-state index in [1.165, 1.54) is 11.3 Å². The van der Waals surface area contributed by atoms with Gasteiger partial charge in [0.05, 0.1) is 16.2 Å². The number of rotatable bonds is 6. The molecule has 0 unspecified atom stereocenters. The molecule has 1 aromatic heterocycles. The zero-order valence-corrected chi connectivity index (χ0v) is 17.6. The van der Waals surface area contributed by atoms with Crippen molar-refractivity contribution in [1.29, 1.82) is 0 Å². The van der Waals surface area contributed by atoms with Crippen molar-refractivity contribution in [2.24, 2.45) is 11.7 Å². The zero-order chi connectivity index (χ0) is 20.5. The summed E-state index contributed by atoms with van der Waals surface area (Å²) in [6.45, 7) is 4.03. The van der Waals surface area contributed by atoms with Crippen LogP contribution in [0.25, 0.3) is 0 Å². The Morgan fingerprint density at radius 2 is 1.93 bits per heavy atom. The predicted octanol–water partition coefficient (Wildman–Crippen LogP) is 3.08. The van der Waals surface area contributed by atoms with Gasteiger partial charge in [-0.15, -0.1) is 11.3 Å². The summed E-state index contributed by atoms with van der Waals surface area (Å²) in [5.74, 6) is -0.773. The smallest absolute Gasteiger partial charge is 0.251 e. The SMILES string of the molecule is Cc1ccc(S(=O)(=O)CCC(=O)Nc2sc3c(c2C(N)=O)CC[C@H](C)C3)cc1. The van der Waals surface area contributed by atoms with Crippen LogP contribution in [0.15, 0.2) is 29.2 Å². The van der Waals surface area contributed by atoms with Crippen LogP contribution in [0.2, 0.25) is 0 Å². The first-order chi connectivity index (χ1) is 13.2. The minimum Gasteiger partial charge on any atom is -0.365 e. The van der Waals surface area contributed by atoms with Crippen molar-refractivity contribution in [2.75, 3.05) is 11.1 Å². The van der Waals surface area contributed by atoms with Crippen molar-refractivity contribution in [3.8, 4) is 0 Å². The Labute approximate surface area is 169 Å². The predicted molar refractivity (Wildman–Crippen MR) is 111 cm³/mol. The summed E-state index contributed by atoms with van der Waals surface area (Å²) in [6, 6.07) is 6.54. The van der Waals surface area contributed by atoms with Crippen LogP contribution in [0.3, 0.4) is 0 Å². The number of carbonyl (C=O) groups is 2. The van der Waals surface area contributed by atoms with E-state index in [0.717, 1.165) is 35.3 Å². The second-order valence-electron chi connectivity index (χ2n) is 7.35. The summed E-state index contributed by atoms with van der Waals surface area (Å²) in [6.07, 6.45) is 2.42. The molecule has 1 aliphatic carbocycles. The van der Waals surface area contributed by atoms with Crippen LogP contribution in [0.1, 0.15) is 46.1 Å². The number of nitrogens with two attached hydrogens (primary N) is 1. The van der Waals surface area contributed by atoms with Gasteiger partial charge in [-0.25, -0.2) is 8.42 Å². The lowest BCUT2D eigenvalue weighted by Gasteiger charge is -2.18. The van der Waals surface area contributed by atoms with Gasteiger partial charge in [-0.2, -0.15) is 0 Å². The molecule has 2 amide bonds. The Hall–Kier alpha value is -2.19. The van der Waals surface area contributed by atoms with E-state index in [0.29, 0.717) is 16.5 Å². The number of benzene rings is 1. The van der Waals surface area contributed by atoms with E-state index in [4.69, 9.17) is 5.73 Å². The van der Waals surface area contributed by atoms with Gasteiger partial charge in [0.1, 0.15) is 5.00 Å². The van der Waals surface area contributed by atoms with Crippen LogP contribution in [-0.4, -0.2) is 26.0 Å². The summed E-state index contributed by atoms with van der Waals surface area (Å²) in [5.41, 5.74) is 7.82. The fourth-order valence-corrected chi connectivity index (χ4v) is 6.05. The summed E-state index contributed by atoms with van der Waals surface area (Å²) < 4.78 is 24.8. The van der Waals surface area contributed by atoms with Crippen molar-refractivity contribution in [3.05, 3.63) is 45.8 Å². The molecule has 1 heterocycles. The molecule has 150 valence electrons. The molecule has 1 aliphatic rings. The number of amides is 2. The molecule has 0 saturated carbocycles. The maximum atomic E-state index is 12.4. The standard InChI is InChI=1S/C20H24N2O4S2/c1-12-3-6-14(7-4-12)28(25,26)10-9-17(23)22-20-18(19(21)24)15-8-5-13(2)11-16(15)27-20/h3-4,6-7,13H,5,8-11H2,1-2H3,(H2,21,24)(H,22,23)/t13-/m0/s1. The molecule has 0 fully saturated rings. The largest absolute Gasteiger partial charge is 0.365 e. The molecule has 3 rings (SSSR count). The topological polar surface area (TPSA) is 106 Å². The van der Waals surface area contributed by atoms with Gasteiger partial charge in [-0.3, -0.25) is 9.59 Å². The highest BCUT2D eigenvalue weighted by atomic mass is 32.2. The molecule has 0 spiro atoms. The van der Waals surface area contributed by atoms with E-state index in [1.54, 1.807) is 24.3 Å². The molecule has 0 aliphatic heterocycles. The highest BCUT2D eigenvalue weighted by Gasteiger charge is 2.27. The lowest BCUT2D eigenvalue weighted by molar-refractivity contribution is -0.115. The van der Waals surface area contributed by atoms with E-state index in [1.807, 2.05) is 6.92 Å². The Kier molecular flexibility index (Phi) is 5.90. The van der Waals surface area contributed by atoms with Crippen LogP contribution < -0.4 is 11.1 Å². The quantitative estimate of drug-likeness (QED) is 0.749. The first-order valence-corrected chi connectivity index (χ1v) is 11.7. The summed E-state index contributed by atoms with van der Waals surface area (Å²) in [5, 5.41) is 3.15. The van der Waals surface area contributed by atoms with Crippen molar-refractivity contribution < 1.29 is 18.0 Å².